The monoisotopic (exact) mass is 195 g/mol. The first kappa shape index (κ1) is 10.6. The molecule has 0 saturated carbocycles. The van der Waals surface area contributed by atoms with Gasteiger partial charge in [-0.05, 0) is 18.7 Å². The number of benzene rings is 1. The lowest BCUT2D eigenvalue weighted by atomic mass is 10.1. The molecule has 0 aliphatic heterocycles. The van der Waals surface area contributed by atoms with Gasteiger partial charge in [0.1, 0.15) is 0 Å². The molecule has 0 aliphatic rings. The third-order valence-corrected chi connectivity index (χ3v) is 3.30. The van der Waals surface area contributed by atoms with Crippen LogP contribution in [0.2, 0.25) is 0 Å². The van der Waals surface area contributed by atoms with E-state index in [1.54, 1.807) is 11.9 Å². The first-order valence-corrected chi connectivity index (χ1v) is 5.83. The Bertz CT molecular complexity index is 231. The highest BCUT2D eigenvalue weighted by atomic mass is 32.2. The van der Waals surface area contributed by atoms with Crippen molar-refractivity contribution in [2.75, 3.05) is 12.8 Å². The Morgan fingerprint density at radius 3 is 2.38 bits per heavy atom. The third kappa shape index (κ3) is 2.75. The minimum atomic E-state index is 0.501. The maximum Gasteiger partial charge on any atom is 0.0423 e. The second kappa shape index (κ2) is 5.30. The van der Waals surface area contributed by atoms with Crippen LogP contribution in [0.15, 0.2) is 30.3 Å². The highest BCUT2D eigenvalue weighted by Crippen LogP contribution is 2.24. The van der Waals surface area contributed by atoms with Crippen LogP contribution < -0.4 is 0 Å². The van der Waals surface area contributed by atoms with E-state index in [9.17, 15) is 0 Å². The molecule has 1 aromatic rings. The van der Waals surface area contributed by atoms with E-state index in [1.807, 2.05) is 0 Å². The number of nitrogens with zero attached hydrogens (tertiary/aromatic N) is 1. The standard InChI is InChI=1S/C11H17NS/c1-4-12(13-3)10(2)11-8-6-5-7-9-11/h5-10H,4H2,1-3H3. The molecule has 0 heterocycles. The van der Waals surface area contributed by atoms with Crippen molar-refractivity contribution in [3.8, 4) is 0 Å². The van der Waals surface area contributed by atoms with Crippen LogP contribution in [0.4, 0.5) is 0 Å². The average molecular weight is 195 g/mol. The largest absolute Gasteiger partial charge is 0.244 e. The fourth-order valence-corrected chi connectivity index (χ4v) is 2.16. The molecular formula is C11H17NS. The normalized spacial score (nSPS) is 13.2. The fraction of sp³-hybridized carbons (Fsp3) is 0.455. The van der Waals surface area contributed by atoms with Crippen molar-refractivity contribution in [1.29, 1.82) is 0 Å². The van der Waals surface area contributed by atoms with E-state index in [0.717, 1.165) is 6.54 Å². The van der Waals surface area contributed by atoms with E-state index in [4.69, 9.17) is 0 Å². The highest BCUT2D eigenvalue weighted by molar-refractivity contribution is 7.96. The Kier molecular flexibility index (Phi) is 4.33. The summed E-state index contributed by atoms with van der Waals surface area (Å²) >= 11 is 1.81. The van der Waals surface area contributed by atoms with Crippen LogP contribution in [0.3, 0.4) is 0 Å². The Morgan fingerprint density at radius 2 is 1.92 bits per heavy atom. The van der Waals surface area contributed by atoms with Crippen LogP contribution in [0.25, 0.3) is 0 Å². The summed E-state index contributed by atoms with van der Waals surface area (Å²) in [5.74, 6) is 0. The molecule has 1 aromatic carbocycles. The van der Waals surface area contributed by atoms with Crippen LogP contribution in [0, 0.1) is 0 Å². The van der Waals surface area contributed by atoms with Gasteiger partial charge < -0.3 is 0 Å². The lowest BCUT2D eigenvalue weighted by molar-refractivity contribution is 0.402. The van der Waals surface area contributed by atoms with Crippen LogP contribution >= 0.6 is 11.9 Å². The summed E-state index contributed by atoms with van der Waals surface area (Å²) in [7, 11) is 0. The summed E-state index contributed by atoms with van der Waals surface area (Å²) in [6, 6.07) is 11.1. The van der Waals surface area contributed by atoms with Gasteiger partial charge in [0, 0.05) is 12.6 Å². The second-order valence-corrected chi connectivity index (χ2v) is 3.84. The van der Waals surface area contributed by atoms with Crippen LogP contribution in [0.1, 0.15) is 25.5 Å². The zero-order chi connectivity index (χ0) is 9.68. The quantitative estimate of drug-likeness (QED) is 0.678. The highest BCUT2D eigenvalue weighted by Gasteiger charge is 2.11. The molecule has 13 heavy (non-hydrogen) atoms. The molecule has 0 amide bonds. The van der Waals surface area contributed by atoms with Crippen molar-refractivity contribution in [2.24, 2.45) is 0 Å². The fourth-order valence-electron chi connectivity index (χ4n) is 1.46. The molecule has 1 rings (SSSR count). The van der Waals surface area contributed by atoms with E-state index < -0.39 is 0 Å². The van der Waals surface area contributed by atoms with Crippen molar-refractivity contribution in [3.05, 3.63) is 35.9 Å². The van der Waals surface area contributed by atoms with Gasteiger partial charge in [-0.15, -0.1) is 0 Å². The van der Waals surface area contributed by atoms with Crippen LogP contribution in [-0.2, 0) is 0 Å². The molecule has 0 N–H and O–H groups in total. The Morgan fingerprint density at radius 1 is 1.31 bits per heavy atom. The smallest absolute Gasteiger partial charge is 0.0423 e. The first-order chi connectivity index (χ1) is 6.29. The van der Waals surface area contributed by atoms with E-state index in [0.29, 0.717) is 6.04 Å². The molecular weight excluding hydrogens is 178 g/mol. The number of rotatable bonds is 4. The van der Waals surface area contributed by atoms with Gasteiger partial charge in [0.2, 0.25) is 0 Å². The first-order valence-electron chi connectivity index (χ1n) is 4.65. The summed E-state index contributed by atoms with van der Waals surface area (Å²) in [6.07, 6.45) is 2.13. The maximum atomic E-state index is 2.37. The molecule has 0 bridgehead atoms. The van der Waals surface area contributed by atoms with Crippen molar-refractivity contribution >= 4 is 11.9 Å². The predicted octanol–water partition coefficient (Wildman–Crippen LogP) is 3.35. The average Bonchev–Trinajstić information content (AvgIpc) is 2.21. The lowest BCUT2D eigenvalue weighted by Crippen LogP contribution is -2.18. The zero-order valence-electron chi connectivity index (χ0n) is 8.53. The number of hydrogen-bond donors (Lipinski definition) is 0. The van der Waals surface area contributed by atoms with Gasteiger partial charge in [-0.25, -0.2) is 4.31 Å². The van der Waals surface area contributed by atoms with Crippen LogP contribution in [-0.4, -0.2) is 17.1 Å². The van der Waals surface area contributed by atoms with Gasteiger partial charge in [-0.1, -0.05) is 49.2 Å². The Balaban J connectivity index is 2.72. The molecule has 0 aliphatic carbocycles. The van der Waals surface area contributed by atoms with Gasteiger partial charge in [0.15, 0.2) is 0 Å². The minimum Gasteiger partial charge on any atom is -0.244 e. The van der Waals surface area contributed by atoms with Crippen molar-refractivity contribution in [3.63, 3.8) is 0 Å². The maximum absolute atomic E-state index is 2.37. The minimum absolute atomic E-state index is 0.501. The third-order valence-electron chi connectivity index (χ3n) is 2.26. The second-order valence-electron chi connectivity index (χ2n) is 3.00. The van der Waals surface area contributed by atoms with Crippen molar-refractivity contribution < 1.29 is 0 Å². The van der Waals surface area contributed by atoms with E-state index >= 15 is 0 Å². The predicted molar refractivity (Wildman–Crippen MR) is 60.8 cm³/mol. The summed E-state index contributed by atoms with van der Waals surface area (Å²) in [5, 5.41) is 0. The van der Waals surface area contributed by atoms with Gasteiger partial charge in [0.05, 0.1) is 0 Å². The molecule has 0 aromatic heterocycles. The van der Waals surface area contributed by atoms with Gasteiger partial charge in [-0.2, -0.15) is 0 Å². The molecule has 72 valence electrons. The van der Waals surface area contributed by atoms with E-state index in [1.165, 1.54) is 5.56 Å². The molecule has 0 radical (unpaired) electrons. The van der Waals surface area contributed by atoms with Crippen LogP contribution in [0.5, 0.6) is 0 Å². The molecule has 1 nitrogen and oxygen atoms in total. The van der Waals surface area contributed by atoms with Gasteiger partial charge in [0.25, 0.3) is 0 Å². The SMILES string of the molecule is CCN(SC)C(C)c1ccccc1. The molecule has 0 spiro atoms. The van der Waals surface area contributed by atoms with Crippen molar-refractivity contribution in [1.82, 2.24) is 4.31 Å². The summed E-state index contributed by atoms with van der Waals surface area (Å²) in [5.41, 5.74) is 1.39. The lowest BCUT2D eigenvalue weighted by Gasteiger charge is -2.25. The summed E-state index contributed by atoms with van der Waals surface area (Å²) in [6.45, 7) is 5.52. The Hall–Kier alpha value is -0.470. The molecule has 2 heteroatoms. The van der Waals surface area contributed by atoms with Crippen molar-refractivity contribution in [2.45, 2.75) is 19.9 Å². The summed E-state index contributed by atoms with van der Waals surface area (Å²) in [4.78, 5) is 0. The zero-order valence-corrected chi connectivity index (χ0v) is 9.34. The Labute approximate surface area is 85.3 Å². The van der Waals surface area contributed by atoms with Gasteiger partial charge >= 0.3 is 0 Å². The molecule has 0 fully saturated rings. The van der Waals surface area contributed by atoms with E-state index in [2.05, 4.69) is 54.7 Å². The topological polar surface area (TPSA) is 3.24 Å². The molecule has 1 unspecified atom stereocenters. The number of hydrogen-bond acceptors (Lipinski definition) is 2. The van der Waals surface area contributed by atoms with E-state index in [-0.39, 0.29) is 0 Å². The summed E-state index contributed by atoms with van der Waals surface area (Å²) < 4.78 is 2.37. The van der Waals surface area contributed by atoms with Gasteiger partial charge in [-0.3, -0.25) is 0 Å². The molecule has 0 saturated heterocycles. The molecule has 1 atom stereocenters.